The number of methoxy groups -OCH3 is 1. The van der Waals surface area contributed by atoms with E-state index in [1.165, 1.54) is 7.11 Å². The molecular formula is C27H34N2O7. The van der Waals surface area contributed by atoms with Crippen molar-refractivity contribution in [2.24, 2.45) is 5.41 Å². The molecule has 1 aliphatic rings. The first-order valence-corrected chi connectivity index (χ1v) is 11.9. The zero-order chi connectivity index (χ0) is 26.1. The normalized spacial score (nSPS) is 14.6. The first kappa shape index (κ1) is 27.2. The number of ether oxygens (including phenoxy) is 4. The molecule has 2 aromatic carbocycles. The molecule has 1 saturated heterocycles. The van der Waals surface area contributed by atoms with Crippen molar-refractivity contribution >= 4 is 29.0 Å². The number of carbonyl (C=O) groups is 3. The van der Waals surface area contributed by atoms with E-state index in [1.807, 2.05) is 32.0 Å². The summed E-state index contributed by atoms with van der Waals surface area (Å²) in [7, 11) is 1.50. The summed E-state index contributed by atoms with van der Waals surface area (Å²) in [4.78, 5) is 37.9. The van der Waals surface area contributed by atoms with E-state index in [1.54, 1.807) is 25.1 Å². The molecule has 1 heterocycles. The SMILES string of the molecule is COc1ccc(NC(=O)CCCOc2ccc(C)cc2C)c(NC(=O)CC(=O)C2(C)COCOC2)c1. The van der Waals surface area contributed by atoms with Gasteiger partial charge in [0.2, 0.25) is 11.8 Å². The van der Waals surface area contributed by atoms with Crippen LogP contribution in [0.1, 0.15) is 37.3 Å². The Bertz CT molecular complexity index is 1090. The zero-order valence-electron chi connectivity index (χ0n) is 21.3. The van der Waals surface area contributed by atoms with Gasteiger partial charge in [0.15, 0.2) is 5.78 Å². The molecule has 36 heavy (non-hydrogen) atoms. The third kappa shape index (κ3) is 7.53. The largest absolute Gasteiger partial charge is 0.497 e. The maximum atomic E-state index is 12.7. The average molecular weight is 499 g/mol. The van der Waals surface area contributed by atoms with Crippen LogP contribution in [0, 0.1) is 19.3 Å². The summed E-state index contributed by atoms with van der Waals surface area (Å²) in [5.41, 5.74) is 2.09. The molecule has 1 fully saturated rings. The molecule has 1 aliphatic heterocycles. The number of aryl methyl sites for hydroxylation is 2. The van der Waals surface area contributed by atoms with E-state index < -0.39 is 11.3 Å². The van der Waals surface area contributed by atoms with Gasteiger partial charge in [-0.25, -0.2) is 0 Å². The summed E-state index contributed by atoms with van der Waals surface area (Å²) in [6.45, 7) is 6.66. The second-order valence-electron chi connectivity index (χ2n) is 9.20. The van der Waals surface area contributed by atoms with Crippen LogP contribution in [0.15, 0.2) is 36.4 Å². The van der Waals surface area contributed by atoms with Crippen LogP contribution in [0.5, 0.6) is 11.5 Å². The molecule has 0 unspecified atom stereocenters. The van der Waals surface area contributed by atoms with Gasteiger partial charge in [0.1, 0.15) is 18.3 Å². The van der Waals surface area contributed by atoms with Crippen molar-refractivity contribution in [3.8, 4) is 11.5 Å². The van der Waals surface area contributed by atoms with Gasteiger partial charge in [0.05, 0.1) is 50.1 Å². The summed E-state index contributed by atoms with van der Waals surface area (Å²) in [6, 6.07) is 10.9. The molecule has 9 nitrogen and oxygen atoms in total. The number of hydrogen-bond acceptors (Lipinski definition) is 7. The molecule has 2 amide bonds. The Morgan fingerprint density at radius 3 is 2.39 bits per heavy atom. The lowest BCUT2D eigenvalue weighted by Gasteiger charge is -2.31. The van der Waals surface area contributed by atoms with Gasteiger partial charge < -0.3 is 29.6 Å². The molecule has 9 heteroatoms. The lowest BCUT2D eigenvalue weighted by molar-refractivity contribution is -0.172. The van der Waals surface area contributed by atoms with Gasteiger partial charge in [0, 0.05) is 12.5 Å². The van der Waals surface area contributed by atoms with Crippen molar-refractivity contribution in [3.63, 3.8) is 0 Å². The van der Waals surface area contributed by atoms with Gasteiger partial charge in [-0.15, -0.1) is 0 Å². The predicted octanol–water partition coefficient (Wildman–Crippen LogP) is 4.02. The van der Waals surface area contributed by atoms with Crippen LogP contribution in [0.4, 0.5) is 11.4 Å². The first-order valence-electron chi connectivity index (χ1n) is 11.9. The Balaban J connectivity index is 1.55. The summed E-state index contributed by atoms with van der Waals surface area (Å²) in [5, 5.41) is 5.54. The molecule has 0 aliphatic carbocycles. The van der Waals surface area contributed by atoms with Crippen LogP contribution in [-0.4, -0.2) is 51.3 Å². The fourth-order valence-corrected chi connectivity index (χ4v) is 3.80. The predicted molar refractivity (Wildman–Crippen MR) is 135 cm³/mol. The Hall–Kier alpha value is -3.43. The van der Waals surface area contributed by atoms with Crippen molar-refractivity contribution < 1.29 is 33.3 Å². The Kier molecular flexibility index (Phi) is 9.44. The lowest BCUT2D eigenvalue weighted by atomic mass is 9.85. The molecule has 0 bridgehead atoms. The fraction of sp³-hybridized carbons (Fsp3) is 0.444. The van der Waals surface area contributed by atoms with Crippen LogP contribution in [-0.2, 0) is 23.9 Å². The Morgan fingerprint density at radius 2 is 1.69 bits per heavy atom. The molecule has 0 atom stereocenters. The van der Waals surface area contributed by atoms with Crippen molar-refractivity contribution in [2.75, 3.05) is 44.4 Å². The highest BCUT2D eigenvalue weighted by Crippen LogP contribution is 2.29. The van der Waals surface area contributed by atoms with Crippen LogP contribution in [0.2, 0.25) is 0 Å². The van der Waals surface area contributed by atoms with E-state index in [0.29, 0.717) is 30.2 Å². The average Bonchev–Trinajstić information content (AvgIpc) is 2.84. The minimum absolute atomic E-state index is 0.139. The van der Waals surface area contributed by atoms with Crippen LogP contribution >= 0.6 is 0 Å². The molecule has 194 valence electrons. The Labute approximate surface area is 211 Å². The minimum atomic E-state index is -0.875. The van der Waals surface area contributed by atoms with Crippen molar-refractivity contribution in [3.05, 3.63) is 47.5 Å². The van der Waals surface area contributed by atoms with Crippen molar-refractivity contribution in [1.82, 2.24) is 0 Å². The first-order chi connectivity index (χ1) is 17.2. The topological polar surface area (TPSA) is 112 Å². The number of rotatable bonds is 11. The molecule has 0 aromatic heterocycles. The Morgan fingerprint density at radius 1 is 0.972 bits per heavy atom. The maximum Gasteiger partial charge on any atom is 0.231 e. The quantitative estimate of drug-likeness (QED) is 0.355. The summed E-state index contributed by atoms with van der Waals surface area (Å²) in [5.74, 6) is 0.294. The van der Waals surface area contributed by atoms with Gasteiger partial charge in [-0.2, -0.15) is 0 Å². The number of anilines is 2. The summed E-state index contributed by atoms with van der Waals surface area (Å²) in [6.07, 6.45) is 0.416. The third-order valence-corrected chi connectivity index (χ3v) is 5.91. The molecule has 2 N–H and O–H groups in total. The van der Waals surface area contributed by atoms with Gasteiger partial charge in [0.25, 0.3) is 0 Å². The van der Waals surface area contributed by atoms with Crippen LogP contribution in [0.3, 0.4) is 0 Å². The molecule has 2 aromatic rings. The highest BCUT2D eigenvalue weighted by atomic mass is 16.7. The fourth-order valence-electron chi connectivity index (χ4n) is 3.80. The summed E-state index contributed by atoms with van der Waals surface area (Å²) < 4.78 is 21.5. The van der Waals surface area contributed by atoms with E-state index in [4.69, 9.17) is 18.9 Å². The number of nitrogens with one attached hydrogen (secondary N) is 2. The molecule has 0 radical (unpaired) electrons. The minimum Gasteiger partial charge on any atom is -0.497 e. The van der Waals surface area contributed by atoms with Gasteiger partial charge in [-0.1, -0.05) is 17.7 Å². The molecule has 3 rings (SSSR count). The second-order valence-corrected chi connectivity index (χ2v) is 9.20. The van der Waals surface area contributed by atoms with E-state index in [9.17, 15) is 14.4 Å². The highest BCUT2D eigenvalue weighted by molar-refractivity contribution is 6.08. The number of hydrogen-bond donors (Lipinski definition) is 2. The molecule has 0 saturated carbocycles. The lowest BCUT2D eigenvalue weighted by Crippen LogP contribution is -2.42. The van der Waals surface area contributed by atoms with Gasteiger partial charge >= 0.3 is 0 Å². The second kappa shape index (κ2) is 12.5. The van der Waals surface area contributed by atoms with Crippen molar-refractivity contribution in [1.29, 1.82) is 0 Å². The van der Waals surface area contributed by atoms with Gasteiger partial charge in [-0.3, -0.25) is 14.4 Å². The zero-order valence-corrected chi connectivity index (χ0v) is 21.3. The van der Waals surface area contributed by atoms with Crippen LogP contribution < -0.4 is 20.1 Å². The van der Waals surface area contributed by atoms with Crippen molar-refractivity contribution in [2.45, 2.75) is 40.0 Å². The molecular weight excluding hydrogens is 464 g/mol. The molecule has 0 spiro atoms. The van der Waals surface area contributed by atoms with E-state index in [2.05, 4.69) is 10.6 Å². The number of Topliss-reactive ketones (excluding diaryl/α,β-unsaturated/α-hetero) is 1. The number of benzene rings is 2. The third-order valence-electron chi connectivity index (χ3n) is 5.91. The number of carbonyl (C=O) groups excluding carboxylic acids is 3. The van der Waals surface area contributed by atoms with Crippen LogP contribution in [0.25, 0.3) is 0 Å². The maximum absolute atomic E-state index is 12.7. The monoisotopic (exact) mass is 498 g/mol. The smallest absolute Gasteiger partial charge is 0.231 e. The summed E-state index contributed by atoms with van der Waals surface area (Å²) >= 11 is 0. The number of amides is 2. The highest BCUT2D eigenvalue weighted by Gasteiger charge is 2.37. The standard InChI is InChI=1S/C27H34N2O7/c1-18-7-10-23(19(2)12-18)36-11-5-6-25(31)28-21-9-8-20(33-4)13-22(21)29-26(32)14-24(30)27(3)15-34-17-35-16-27/h7-10,12-13H,5-6,11,14-17H2,1-4H3,(H,28,31)(H,29,32). The van der Waals surface area contributed by atoms with E-state index >= 15 is 0 Å². The van der Waals surface area contributed by atoms with E-state index in [-0.39, 0.29) is 44.5 Å². The number of ketones is 1. The van der Waals surface area contributed by atoms with Gasteiger partial charge in [-0.05, 0) is 51.0 Å². The van der Waals surface area contributed by atoms with E-state index in [0.717, 1.165) is 16.9 Å².